The number of carbonyl (C=O) groups excluding carboxylic acids is 1. The highest BCUT2D eigenvalue weighted by Crippen LogP contribution is 2.27. The number of nitro groups is 1. The molecule has 1 unspecified atom stereocenters. The molecule has 0 aliphatic heterocycles. The first kappa shape index (κ1) is 16.8. The molecule has 1 atom stereocenters. The number of nitrogens with two attached hydrogens (primary N) is 1. The van der Waals surface area contributed by atoms with Gasteiger partial charge in [-0.05, 0) is 25.6 Å². The average Bonchev–Trinajstić information content (AvgIpc) is 2.40. The topological polar surface area (TPSA) is 107 Å². The maximum atomic E-state index is 13.0. The second-order valence-electron chi connectivity index (χ2n) is 4.69. The van der Waals surface area contributed by atoms with Crippen molar-refractivity contribution in [2.24, 2.45) is 5.73 Å². The fraction of sp³-hybridized carbons (Fsp3) is 0.462. The third kappa shape index (κ3) is 4.38. The van der Waals surface area contributed by atoms with Crippen LogP contribution >= 0.6 is 0 Å². The molecule has 1 amide bonds. The highest BCUT2D eigenvalue weighted by atomic mass is 19.1. The largest absolute Gasteiger partial charge is 0.487 e. The van der Waals surface area contributed by atoms with E-state index in [1.165, 1.54) is 6.07 Å². The normalized spacial score (nSPS) is 13.5. The average molecular weight is 299 g/mol. The van der Waals surface area contributed by atoms with Gasteiger partial charge in [-0.2, -0.15) is 0 Å². The highest BCUT2D eigenvalue weighted by Gasteiger charge is 2.30. The zero-order valence-corrected chi connectivity index (χ0v) is 11.9. The fourth-order valence-corrected chi connectivity index (χ4v) is 1.81. The molecule has 0 saturated carbocycles. The molecule has 0 spiro atoms. The summed E-state index contributed by atoms with van der Waals surface area (Å²) in [5.41, 5.74) is 3.89. The SMILES string of the molecule is CCNC(C)(CCOc1ccc(F)cc1[N+](=O)[O-])C(N)=O. The predicted octanol–water partition coefficient (Wildman–Crippen LogP) is 1.36. The summed E-state index contributed by atoms with van der Waals surface area (Å²) in [4.78, 5) is 21.5. The van der Waals surface area contributed by atoms with Crippen LogP contribution in [0.4, 0.5) is 10.1 Å². The number of hydrogen-bond acceptors (Lipinski definition) is 5. The van der Waals surface area contributed by atoms with Crippen LogP contribution in [0.3, 0.4) is 0 Å². The van der Waals surface area contributed by atoms with Crippen LogP contribution in [0.25, 0.3) is 0 Å². The summed E-state index contributed by atoms with van der Waals surface area (Å²) in [5.74, 6) is -1.31. The molecule has 0 heterocycles. The maximum absolute atomic E-state index is 13.0. The number of hydrogen-bond donors (Lipinski definition) is 2. The molecule has 21 heavy (non-hydrogen) atoms. The minimum atomic E-state index is -0.969. The summed E-state index contributed by atoms with van der Waals surface area (Å²) in [6.45, 7) is 4.02. The van der Waals surface area contributed by atoms with Crippen molar-refractivity contribution >= 4 is 11.6 Å². The standard InChI is InChI=1S/C13H18FN3O4/c1-3-16-13(2,12(15)18)6-7-21-11-5-4-9(14)8-10(11)17(19)20/h4-5,8,16H,3,6-7H2,1-2H3,(H2,15,18). The van der Waals surface area contributed by atoms with Crippen molar-refractivity contribution in [1.82, 2.24) is 5.32 Å². The number of rotatable bonds is 8. The van der Waals surface area contributed by atoms with Crippen LogP contribution < -0.4 is 15.8 Å². The van der Waals surface area contributed by atoms with Crippen LogP contribution in [-0.4, -0.2) is 29.5 Å². The third-order valence-corrected chi connectivity index (χ3v) is 3.09. The monoisotopic (exact) mass is 299 g/mol. The van der Waals surface area contributed by atoms with Gasteiger partial charge in [-0.15, -0.1) is 0 Å². The van der Waals surface area contributed by atoms with Crippen molar-refractivity contribution in [1.29, 1.82) is 0 Å². The number of nitro benzene ring substituents is 1. The van der Waals surface area contributed by atoms with Crippen LogP contribution in [0.2, 0.25) is 0 Å². The lowest BCUT2D eigenvalue weighted by molar-refractivity contribution is -0.386. The second-order valence-corrected chi connectivity index (χ2v) is 4.69. The number of carbonyl (C=O) groups is 1. The summed E-state index contributed by atoms with van der Waals surface area (Å²) in [6, 6.07) is 3.04. The zero-order chi connectivity index (χ0) is 16.0. The Balaban J connectivity index is 2.76. The molecule has 0 aliphatic rings. The van der Waals surface area contributed by atoms with Gasteiger partial charge >= 0.3 is 5.69 Å². The van der Waals surface area contributed by atoms with Crippen molar-refractivity contribution in [3.05, 3.63) is 34.1 Å². The summed E-state index contributed by atoms with van der Waals surface area (Å²) in [6.07, 6.45) is 0.227. The van der Waals surface area contributed by atoms with Gasteiger partial charge in [0.05, 0.1) is 23.1 Å². The molecule has 0 bridgehead atoms. The molecule has 0 aliphatic carbocycles. The minimum absolute atomic E-state index is 0.0267. The molecular weight excluding hydrogens is 281 g/mol. The molecule has 7 nitrogen and oxygen atoms in total. The van der Waals surface area contributed by atoms with Crippen molar-refractivity contribution in [2.75, 3.05) is 13.2 Å². The molecule has 116 valence electrons. The lowest BCUT2D eigenvalue weighted by Crippen LogP contribution is -2.53. The number of benzene rings is 1. The van der Waals surface area contributed by atoms with E-state index in [4.69, 9.17) is 10.5 Å². The van der Waals surface area contributed by atoms with Crippen LogP contribution in [0.1, 0.15) is 20.3 Å². The molecule has 0 fully saturated rings. The van der Waals surface area contributed by atoms with E-state index in [1.54, 1.807) is 6.92 Å². The summed E-state index contributed by atoms with van der Waals surface area (Å²) in [5, 5.41) is 13.8. The Morgan fingerprint density at radius 2 is 2.24 bits per heavy atom. The molecule has 8 heteroatoms. The lowest BCUT2D eigenvalue weighted by Gasteiger charge is -2.26. The summed E-state index contributed by atoms with van der Waals surface area (Å²) >= 11 is 0. The van der Waals surface area contributed by atoms with Crippen LogP contribution in [-0.2, 0) is 4.79 Å². The molecule has 3 N–H and O–H groups in total. The predicted molar refractivity (Wildman–Crippen MR) is 74.4 cm³/mol. The van der Waals surface area contributed by atoms with Gasteiger partial charge in [0.1, 0.15) is 5.82 Å². The van der Waals surface area contributed by atoms with Crippen LogP contribution in [0, 0.1) is 15.9 Å². The third-order valence-electron chi connectivity index (χ3n) is 3.09. The second kappa shape index (κ2) is 6.98. The van der Waals surface area contributed by atoms with E-state index in [2.05, 4.69) is 5.32 Å². The van der Waals surface area contributed by atoms with E-state index in [1.807, 2.05) is 6.92 Å². The van der Waals surface area contributed by atoms with Crippen LogP contribution in [0.15, 0.2) is 18.2 Å². The molecule has 1 rings (SSSR count). The van der Waals surface area contributed by atoms with Gasteiger partial charge in [-0.3, -0.25) is 14.9 Å². The quantitative estimate of drug-likeness (QED) is 0.556. The molecule has 0 saturated heterocycles. The minimum Gasteiger partial charge on any atom is -0.487 e. The van der Waals surface area contributed by atoms with Gasteiger partial charge in [-0.25, -0.2) is 4.39 Å². The van der Waals surface area contributed by atoms with Crippen molar-refractivity contribution in [3.63, 3.8) is 0 Å². The van der Waals surface area contributed by atoms with Crippen molar-refractivity contribution in [2.45, 2.75) is 25.8 Å². The van der Waals surface area contributed by atoms with Gasteiger partial charge in [0.2, 0.25) is 5.91 Å². The number of nitrogens with zero attached hydrogens (tertiary/aromatic N) is 1. The number of nitrogens with one attached hydrogen (secondary N) is 1. The number of halogens is 1. The molecule has 0 aromatic heterocycles. The summed E-state index contributed by atoms with van der Waals surface area (Å²) < 4.78 is 18.3. The number of amides is 1. The van der Waals surface area contributed by atoms with E-state index in [0.29, 0.717) is 6.54 Å². The van der Waals surface area contributed by atoms with Crippen molar-refractivity contribution < 1.29 is 18.8 Å². The van der Waals surface area contributed by atoms with Gasteiger partial charge in [0, 0.05) is 6.42 Å². The Morgan fingerprint density at radius 3 is 2.76 bits per heavy atom. The number of ether oxygens (including phenoxy) is 1. The Bertz CT molecular complexity index is 538. The van der Waals surface area contributed by atoms with Gasteiger partial charge in [-0.1, -0.05) is 6.92 Å². The van der Waals surface area contributed by atoms with E-state index in [9.17, 15) is 19.3 Å². The molecule has 1 aromatic carbocycles. The van der Waals surface area contributed by atoms with E-state index in [0.717, 1.165) is 12.1 Å². The lowest BCUT2D eigenvalue weighted by atomic mass is 9.97. The Labute approximate surface area is 121 Å². The van der Waals surface area contributed by atoms with Crippen LogP contribution in [0.5, 0.6) is 5.75 Å². The first-order chi connectivity index (χ1) is 9.80. The van der Waals surface area contributed by atoms with Gasteiger partial charge in [0.25, 0.3) is 0 Å². The first-order valence-corrected chi connectivity index (χ1v) is 6.42. The smallest absolute Gasteiger partial charge is 0.313 e. The van der Waals surface area contributed by atoms with E-state index >= 15 is 0 Å². The summed E-state index contributed by atoms with van der Waals surface area (Å²) in [7, 11) is 0. The Kier molecular flexibility index (Phi) is 5.60. The molecule has 0 radical (unpaired) electrons. The molecule has 1 aromatic rings. The number of primary amides is 1. The highest BCUT2D eigenvalue weighted by molar-refractivity contribution is 5.84. The Hall–Kier alpha value is -2.22. The zero-order valence-electron chi connectivity index (χ0n) is 11.9. The van der Waals surface area contributed by atoms with Gasteiger partial charge < -0.3 is 15.8 Å². The maximum Gasteiger partial charge on any atom is 0.313 e. The van der Waals surface area contributed by atoms with Gasteiger partial charge in [0.15, 0.2) is 5.75 Å². The first-order valence-electron chi connectivity index (χ1n) is 6.42. The van der Waals surface area contributed by atoms with E-state index in [-0.39, 0.29) is 18.8 Å². The Morgan fingerprint density at radius 1 is 1.57 bits per heavy atom. The van der Waals surface area contributed by atoms with E-state index < -0.39 is 27.9 Å². The van der Waals surface area contributed by atoms with Crippen molar-refractivity contribution in [3.8, 4) is 5.75 Å². The molecular formula is C13H18FN3O4. The fourth-order valence-electron chi connectivity index (χ4n) is 1.81. The number of likely N-dealkylation sites (N-methyl/N-ethyl adjacent to an activating group) is 1.